The highest BCUT2D eigenvalue weighted by atomic mass is 16.5. The first-order valence-corrected chi connectivity index (χ1v) is 7.35. The number of methoxy groups -OCH3 is 1. The average Bonchev–Trinajstić information content (AvgIpc) is 2.96. The lowest BCUT2D eigenvalue weighted by Crippen LogP contribution is -2.45. The zero-order chi connectivity index (χ0) is 15.1. The molecule has 0 amide bonds. The fourth-order valence-corrected chi connectivity index (χ4v) is 2.31. The fourth-order valence-electron chi connectivity index (χ4n) is 2.31. The zero-order valence-corrected chi connectivity index (χ0v) is 12.8. The van der Waals surface area contributed by atoms with Crippen LogP contribution < -0.4 is 10.1 Å². The molecule has 0 saturated carbocycles. The van der Waals surface area contributed by atoms with Gasteiger partial charge in [-0.3, -0.25) is 0 Å². The van der Waals surface area contributed by atoms with Gasteiger partial charge in [0, 0.05) is 33.2 Å². The summed E-state index contributed by atoms with van der Waals surface area (Å²) >= 11 is 0. The third-order valence-electron chi connectivity index (χ3n) is 3.79. The Kier molecular flexibility index (Phi) is 5.99. The van der Waals surface area contributed by atoms with Crippen LogP contribution in [0.15, 0.2) is 24.3 Å². The lowest BCUT2D eigenvalue weighted by atomic mass is 10.0. The average molecular weight is 295 g/mol. The van der Waals surface area contributed by atoms with Crippen LogP contribution >= 0.6 is 0 Å². The van der Waals surface area contributed by atoms with Crippen molar-refractivity contribution in [1.82, 2.24) is 5.32 Å². The Bertz CT molecular complexity index is 415. The molecule has 1 aliphatic rings. The minimum absolute atomic E-state index is 0.252. The van der Waals surface area contributed by atoms with Crippen molar-refractivity contribution in [2.45, 2.75) is 25.0 Å². The highest BCUT2D eigenvalue weighted by molar-refractivity contribution is 5.26. The molecule has 1 saturated heterocycles. The lowest BCUT2D eigenvalue weighted by Gasteiger charge is -2.26. The molecule has 0 aromatic heterocycles. The van der Waals surface area contributed by atoms with Gasteiger partial charge in [0.2, 0.25) is 0 Å². The van der Waals surface area contributed by atoms with E-state index in [0.717, 1.165) is 18.8 Å². The van der Waals surface area contributed by atoms with Gasteiger partial charge in [-0.05, 0) is 19.1 Å². The Morgan fingerprint density at radius 3 is 2.76 bits per heavy atom. The van der Waals surface area contributed by atoms with Gasteiger partial charge in [-0.1, -0.05) is 17.7 Å². The lowest BCUT2D eigenvalue weighted by molar-refractivity contribution is -0.0180. The van der Waals surface area contributed by atoms with E-state index >= 15 is 0 Å². The van der Waals surface area contributed by atoms with Crippen LogP contribution in [0, 0.1) is 6.92 Å². The number of nitrogens with one attached hydrogen (secondary N) is 1. The van der Waals surface area contributed by atoms with Crippen LogP contribution in [-0.4, -0.2) is 56.8 Å². The predicted molar refractivity (Wildman–Crippen MR) is 80.7 cm³/mol. The zero-order valence-electron chi connectivity index (χ0n) is 12.8. The van der Waals surface area contributed by atoms with Gasteiger partial charge in [0.25, 0.3) is 0 Å². The predicted octanol–water partition coefficient (Wildman–Crippen LogP) is 1.13. The van der Waals surface area contributed by atoms with E-state index in [9.17, 15) is 5.11 Å². The molecule has 0 bridgehead atoms. The first kappa shape index (κ1) is 16.2. The van der Waals surface area contributed by atoms with Crippen molar-refractivity contribution in [3.8, 4) is 5.75 Å². The summed E-state index contributed by atoms with van der Waals surface area (Å²) in [4.78, 5) is 0. The van der Waals surface area contributed by atoms with E-state index in [2.05, 4.69) is 5.32 Å². The number of aliphatic hydroxyl groups is 1. The molecule has 5 nitrogen and oxygen atoms in total. The summed E-state index contributed by atoms with van der Waals surface area (Å²) in [6.45, 7) is 4.77. The molecule has 1 fully saturated rings. The van der Waals surface area contributed by atoms with Crippen molar-refractivity contribution < 1.29 is 19.3 Å². The Hall–Kier alpha value is -1.14. The van der Waals surface area contributed by atoms with Crippen LogP contribution in [0.2, 0.25) is 0 Å². The number of hydrogen-bond donors (Lipinski definition) is 2. The van der Waals surface area contributed by atoms with Gasteiger partial charge < -0.3 is 24.6 Å². The standard InChI is InChI=1S/C16H25NO4/c1-13-3-5-15(6-4-13)21-10-14(18)9-17-11-16(19-2)7-8-20-12-16/h3-6,14,17-18H,7-12H2,1-2H3. The third kappa shape index (κ3) is 4.97. The maximum atomic E-state index is 9.94. The first-order chi connectivity index (χ1) is 10.1. The van der Waals surface area contributed by atoms with Crippen molar-refractivity contribution in [2.24, 2.45) is 0 Å². The molecule has 2 atom stereocenters. The summed E-state index contributed by atoms with van der Waals surface area (Å²) in [5.74, 6) is 0.775. The Balaban J connectivity index is 1.65. The number of ether oxygens (including phenoxy) is 3. The summed E-state index contributed by atoms with van der Waals surface area (Å²) in [6, 6.07) is 7.79. The number of aliphatic hydroxyl groups excluding tert-OH is 1. The highest BCUT2D eigenvalue weighted by Crippen LogP contribution is 2.21. The first-order valence-electron chi connectivity index (χ1n) is 7.35. The van der Waals surface area contributed by atoms with E-state index in [1.165, 1.54) is 5.56 Å². The Morgan fingerprint density at radius 1 is 1.38 bits per heavy atom. The number of benzene rings is 1. The van der Waals surface area contributed by atoms with Crippen molar-refractivity contribution >= 4 is 0 Å². The third-order valence-corrected chi connectivity index (χ3v) is 3.79. The molecule has 21 heavy (non-hydrogen) atoms. The Labute approximate surface area is 126 Å². The van der Waals surface area contributed by atoms with E-state index in [0.29, 0.717) is 19.7 Å². The largest absolute Gasteiger partial charge is 0.491 e. The van der Waals surface area contributed by atoms with Crippen LogP contribution in [-0.2, 0) is 9.47 Å². The quantitative estimate of drug-likeness (QED) is 0.753. The van der Waals surface area contributed by atoms with E-state index in [-0.39, 0.29) is 12.2 Å². The molecule has 0 aliphatic carbocycles. The molecule has 1 aromatic carbocycles. The topological polar surface area (TPSA) is 60.0 Å². The van der Waals surface area contributed by atoms with E-state index in [1.54, 1.807) is 7.11 Å². The number of hydrogen-bond acceptors (Lipinski definition) is 5. The molecule has 118 valence electrons. The summed E-state index contributed by atoms with van der Waals surface area (Å²) < 4.78 is 16.4. The molecular weight excluding hydrogens is 270 g/mol. The Morgan fingerprint density at radius 2 is 2.14 bits per heavy atom. The van der Waals surface area contributed by atoms with E-state index < -0.39 is 6.10 Å². The summed E-state index contributed by atoms with van der Waals surface area (Å²) in [6.07, 6.45) is 0.328. The molecule has 1 aromatic rings. The van der Waals surface area contributed by atoms with Gasteiger partial charge in [-0.15, -0.1) is 0 Å². The second-order valence-corrected chi connectivity index (χ2v) is 5.60. The summed E-state index contributed by atoms with van der Waals surface area (Å²) in [5, 5.41) is 13.2. The maximum Gasteiger partial charge on any atom is 0.119 e. The molecule has 2 unspecified atom stereocenters. The van der Waals surface area contributed by atoms with Gasteiger partial charge in [0.1, 0.15) is 24.1 Å². The SMILES string of the molecule is COC1(CNCC(O)COc2ccc(C)cc2)CCOC1. The fraction of sp³-hybridized carbons (Fsp3) is 0.625. The van der Waals surface area contributed by atoms with E-state index in [1.807, 2.05) is 31.2 Å². The van der Waals surface area contributed by atoms with Crippen LogP contribution in [0.5, 0.6) is 5.75 Å². The van der Waals surface area contributed by atoms with Gasteiger partial charge in [0.05, 0.1) is 6.61 Å². The monoisotopic (exact) mass is 295 g/mol. The second kappa shape index (κ2) is 7.75. The minimum atomic E-state index is -0.553. The molecule has 1 heterocycles. The van der Waals surface area contributed by atoms with Crippen LogP contribution in [0.25, 0.3) is 0 Å². The molecule has 5 heteroatoms. The summed E-state index contributed by atoms with van der Waals surface area (Å²) in [5.41, 5.74) is 0.936. The van der Waals surface area contributed by atoms with Crippen LogP contribution in [0.3, 0.4) is 0 Å². The van der Waals surface area contributed by atoms with Gasteiger partial charge in [-0.25, -0.2) is 0 Å². The van der Waals surface area contributed by atoms with Crippen LogP contribution in [0.1, 0.15) is 12.0 Å². The van der Waals surface area contributed by atoms with Crippen molar-refractivity contribution in [3.05, 3.63) is 29.8 Å². The molecule has 0 radical (unpaired) electrons. The smallest absolute Gasteiger partial charge is 0.119 e. The van der Waals surface area contributed by atoms with Gasteiger partial charge >= 0.3 is 0 Å². The van der Waals surface area contributed by atoms with Crippen molar-refractivity contribution in [1.29, 1.82) is 0 Å². The molecule has 1 aliphatic heterocycles. The van der Waals surface area contributed by atoms with Crippen molar-refractivity contribution in [3.63, 3.8) is 0 Å². The van der Waals surface area contributed by atoms with E-state index in [4.69, 9.17) is 14.2 Å². The normalized spacial score (nSPS) is 23.2. The second-order valence-electron chi connectivity index (χ2n) is 5.60. The van der Waals surface area contributed by atoms with Crippen LogP contribution in [0.4, 0.5) is 0 Å². The summed E-state index contributed by atoms with van der Waals surface area (Å²) in [7, 11) is 1.70. The number of aryl methyl sites for hydroxylation is 1. The highest BCUT2D eigenvalue weighted by Gasteiger charge is 2.34. The maximum absolute atomic E-state index is 9.94. The number of rotatable bonds is 8. The van der Waals surface area contributed by atoms with Gasteiger partial charge in [-0.2, -0.15) is 0 Å². The molecule has 2 N–H and O–H groups in total. The minimum Gasteiger partial charge on any atom is -0.491 e. The van der Waals surface area contributed by atoms with Crippen molar-refractivity contribution in [2.75, 3.05) is 40.0 Å². The molecule has 0 spiro atoms. The molecule has 2 rings (SSSR count). The molecular formula is C16H25NO4. The van der Waals surface area contributed by atoms with Gasteiger partial charge in [0.15, 0.2) is 0 Å².